The minimum Gasteiger partial charge on any atom is -0.477 e. The molecule has 0 saturated carbocycles. The molecule has 20 heavy (non-hydrogen) atoms. The number of rotatable bonds is 4. The summed E-state index contributed by atoms with van der Waals surface area (Å²) in [6.45, 7) is 0. The Labute approximate surface area is 121 Å². The van der Waals surface area contributed by atoms with Crippen molar-refractivity contribution in [3.8, 4) is 0 Å². The molecule has 7 nitrogen and oxygen atoms in total. The highest BCUT2D eigenvalue weighted by Gasteiger charge is 2.20. The lowest BCUT2D eigenvalue weighted by atomic mass is 10.3. The van der Waals surface area contributed by atoms with Crippen LogP contribution in [0.2, 0.25) is 5.02 Å². The fraction of sp³-hybridized carbons (Fsp3) is 0. The van der Waals surface area contributed by atoms with E-state index in [1.54, 1.807) is 12.1 Å². The van der Waals surface area contributed by atoms with Crippen LogP contribution in [0.1, 0.15) is 10.5 Å². The summed E-state index contributed by atoms with van der Waals surface area (Å²) >= 11 is 6.75. The van der Waals surface area contributed by atoms with Crippen LogP contribution in [0.15, 0.2) is 40.5 Å². The SMILES string of the molecule is O=C(O)c1ccc([N+](=O)[O-])c(Sc2ncccc2Cl)n1. The van der Waals surface area contributed by atoms with Gasteiger partial charge in [0.25, 0.3) is 0 Å². The number of hydrogen-bond acceptors (Lipinski definition) is 6. The maximum absolute atomic E-state index is 10.9. The van der Waals surface area contributed by atoms with E-state index >= 15 is 0 Å². The van der Waals surface area contributed by atoms with E-state index in [9.17, 15) is 14.9 Å². The molecule has 0 aromatic carbocycles. The van der Waals surface area contributed by atoms with Gasteiger partial charge in [0.2, 0.25) is 0 Å². The molecule has 2 aromatic rings. The van der Waals surface area contributed by atoms with E-state index in [2.05, 4.69) is 9.97 Å². The first kappa shape index (κ1) is 14.2. The molecule has 0 aliphatic rings. The molecule has 0 radical (unpaired) electrons. The second-order valence-electron chi connectivity index (χ2n) is 3.48. The van der Waals surface area contributed by atoms with Crippen LogP contribution in [0.4, 0.5) is 5.69 Å². The second-order valence-corrected chi connectivity index (χ2v) is 4.86. The van der Waals surface area contributed by atoms with Gasteiger partial charge in [0.05, 0.1) is 9.95 Å². The lowest BCUT2D eigenvalue weighted by molar-refractivity contribution is -0.388. The molecule has 0 aliphatic carbocycles. The third-order valence-electron chi connectivity index (χ3n) is 2.17. The Kier molecular flexibility index (Phi) is 4.16. The first-order valence-electron chi connectivity index (χ1n) is 5.16. The van der Waals surface area contributed by atoms with Gasteiger partial charge in [-0.25, -0.2) is 14.8 Å². The zero-order valence-corrected chi connectivity index (χ0v) is 11.3. The molecule has 2 aromatic heterocycles. The molecular weight excluding hydrogens is 306 g/mol. The molecule has 1 N–H and O–H groups in total. The topological polar surface area (TPSA) is 106 Å². The van der Waals surface area contributed by atoms with E-state index in [1.165, 1.54) is 6.20 Å². The van der Waals surface area contributed by atoms with E-state index in [0.29, 0.717) is 10.0 Å². The third kappa shape index (κ3) is 3.03. The smallest absolute Gasteiger partial charge is 0.354 e. The number of nitro groups is 1. The van der Waals surface area contributed by atoms with Crippen molar-refractivity contribution in [2.75, 3.05) is 0 Å². The number of aromatic carboxylic acids is 1. The average molecular weight is 312 g/mol. The summed E-state index contributed by atoms with van der Waals surface area (Å²) in [5.41, 5.74) is -0.591. The van der Waals surface area contributed by atoms with Crippen LogP contribution in [0.25, 0.3) is 0 Å². The first-order chi connectivity index (χ1) is 9.49. The molecule has 0 fully saturated rings. The van der Waals surface area contributed by atoms with Crippen molar-refractivity contribution in [1.29, 1.82) is 0 Å². The molecule has 0 atom stereocenters. The summed E-state index contributed by atoms with van der Waals surface area (Å²) in [5, 5.41) is 20.3. The van der Waals surface area contributed by atoms with Crippen LogP contribution in [0.5, 0.6) is 0 Å². The Hall–Kier alpha value is -2.19. The minimum atomic E-state index is -1.27. The van der Waals surface area contributed by atoms with E-state index in [1.807, 2.05) is 0 Å². The summed E-state index contributed by atoms with van der Waals surface area (Å²) in [5.74, 6) is -1.27. The Balaban J connectivity index is 2.48. The predicted molar refractivity (Wildman–Crippen MR) is 71.2 cm³/mol. The Morgan fingerprint density at radius 2 is 2.10 bits per heavy atom. The summed E-state index contributed by atoms with van der Waals surface area (Å²) in [6.07, 6.45) is 1.47. The number of carboxylic acids is 1. The van der Waals surface area contributed by atoms with E-state index in [-0.39, 0.29) is 16.4 Å². The number of carbonyl (C=O) groups is 1. The zero-order valence-electron chi connectivity index (χ0n) is 9.69. The lowest BCUT2D eigenvalue weighted by Crippen LogP contribution is -2.03. The van der Waals surface area contributed by atoms with Gasteiger partial charge in [-0.05, 0) is 30.0 Å². The van der Waals surface area contributed by atoms with Gasteiger partial charge < -0.3 is 5.11 Å². The molecule has 0 unspecified atom stereocenters. The predicted octanol–water partition coefficient (Wildman–Crippen LogP) is 2.89. The molecule has 9 heteroatoms. The van der Waals surface area contributed by atoms with Crippen LogP contribution >= 0.6 is 23.4 Å². The monoisotopic (exact) mass is 311 g/mol. The highest BCUT2D eigenvalue weighted by molar-refractivity contribution is 7.99. The van der Waals surface area contributed by atoms with Crippen molar-refractivity contribution < 1.29 is 14.8 Å². The number of hydrogen-bond donors (Lipinski definition) is 1. The summed E-state index contributed by atoms with van der Waals surface area (Å²) < 4.78 is 0. The summed E-state index contributed by atoms with van der Waals surface area (Å²) in [7, 11) is 0. The Morgan fingerprint density at radius 3 is 2.70 bits per heavy atom. The Morgan fingerprint density at radius 1 is 1.35 bits per heavy atom. The molecule has 0 spiro atoms. The minimum absolute atomic E-state index is 0.0736. The van der Waals surface area contributed by atoms with Crippen LogP contribution < -0.4 is 0 Å². The highest BCUT2D eigenvalue weighted by Crippen LogP contribution is 2.35. The molecule has 2 heterocycles. The van der Waals surface area contributed by atoms with Crippen LogP contribution in [0.3, 0.4) is 0 Å². The van der Waals surface area contributed by atoms with Crippen LogP contribution in [0, 0.1) is 10.1 Å². The number of aromatic nitrogens is 2. The number of halogens is 1. The number of pyridine rings is 2. The maximum Gasteiger partial charge on any atom is 0.354 e. The molecule has 0 bridgehead atoms. The average Bonchev–Trinajstić information content (AvgIpc) is 2.41. The van der Waals surface area contributed by atoms with Crippen LogP contribution in [-0.2, 0) is 0 Å². The summed E-state index contributed by atoms with van der Waals surface area (Å²) in [4.78, 5) is 28.9. The van der Waals surface area contributed by atoms with Gasteiger partial charge in [-0.2, -0.15) is 0 Å². The van der Waals surface area contributed by atoms with Crippen molar-refractivity contribution in [1.82, 2.24) is 9.97 Å². The van der Waals surface area contributed by atoms with Gasteiger partial charge in [0.1, 0.15) is 10.7 Å². The normalized spacial score (nSPS) is 10.2. The molecule has 0 saturated heterocycles. The van der Waals surface area contributed by atoms with Crippen molar-refractivity contribution in [2.45, 2.75) is 10.1 Å². The van der Waals surface area contributed by atoms with Crippen molar-refractivity contribution >= 4 is 35.0 Å². The third-order valence-corrected chi connectivity index (χ3v) is 3.60. The molecule has 0 amide bonds. The quantitative estimate of drug-likeness (QED) is 0.683. The van der Waals surface area contributed by atoms with Gasteiger partial charge in [0, 0.05) is 12.3 Å². The highest BCUT2D eigenvalue weighted by atomic mass is 35.5. The summed E-state index contributed by atoms with van der Waals surface area (Å²) in [6, 6.07) is 5.35. The standard InChI is InChI=1S/C11H6ClN3O4S/c12-6-2-1-5-13-9(6)20-10-8(15(18)19)4-3-7(14-10)11(16)17/h1-5H,(H,16,17). The fourth-order valence-corrected chi connectivity index (χ4v) is 2.39. The van der Waals surface area contributed by atoms with Gasteiger partial charge in [-0.15, -0.1) is 0 Å². The van der Waals surface area contributed by atoms with Crippen LogP contribution in [-0.4, -0.2) is 26.0 Å². The largest absolute Gasteiger partial charge is 0.477 e. The van der Waals surface area contributed by atoms with Gasteiger partial charge in [-0.3, -0.25) is 10.1 Å². The second kappa shape index (κ2) is 5.85. The Bertz CT molecular complexity index is 695. The molecule has 102 valence electrons. The van der Waals surface area contributed by atoms with E-state index in [4.69, 9.17) is 16.7 Å². The lowest BCUT2D eigenvalue weighted by Gasteiger charge is -2.04. The van der Waals surface area contributed by atoms with Crippen molar-refractivity contribution in [3.05, 3.63) is 51.3 Å². The molecular formula is C11H6ClN3O4S. The number of carboxylic acid groups (broad SMARTS) is 1. The van der Waals surface area contributed by atoms with Crippen molar-refractivity contribution in [2.24, 2.45) is 0 Å². The van der Waals surface area contributed by atoms with E-state index < -0.39 is 10.9 Å². The first-order valence-corrected chi connectivity index (χ1v) is 6.35. The van der Waals surface area contributed by atoms with Gasteiger partial charge in [0.15, 0.2) is 5.03 Å². The number of nitrogens with zero attached hydrogens (tertiary/aromatic N) is 3. The zero-order chi connectivity index (χ0) is 14.7. The van der Waals surface area contributed by atoms with Gasteiger partial charge >= 0.3 is 11.7 Å². The maximum atomic E-state index is 10.9. The van der Waals surface area contributed by atoms with Gasteiger partial charge in [-0.1, -0.05) is 11.6 Å². The molecule has 0 aliphatic heterocycles. The fourth-order valence-electron chi connectivity index (χ4n) is 1.30. The molecule has 2 rings (SSSR count). The van der Waals surface area contributed by atoms with Crippen molar-refractivity contribution in [3.63, 3.8) is 0 Å². The van der Waals surface area contributed by atoms with E-state index in [0.717, 1.165) is 23.9 Å².